The fourth-order valence-corrected chi connectivity index (χ4v) is 3.43. The molecule has 4 rings (SSSR count). The van der Waals surface area contributed by atoms with Gasteiger partial charge in [-0.15, -0.1) is 0 Å². The van der Waals surface area contributed by atoms with Gasteiger partial charge in [0.1, 0.15) is 5.75 Å². The minimum atomic E-state index is 0.172. The van der Waals surface area contributed by atoms with Crippen molar-refractivity contribution in [2.75, 3.05) is 13.2 Å². The molecule has 3 N–H and O–H groups in total. The fraction of sp³-hybridized carbons (Fsp3) is 0.350. The second kappa shape index (κ2) is 6.19. The topological polar surface area (TPSA) is 59.6 Å². The summed E-state index contributed by atoms with van der Waals surface area (Å²) in [7, 11) is 0. The van der Waals surface area contributed by atoms with Crippen molar-refractivity contribution in [3.05, 3.63) is 65.7 Å². The Kier molecular flexibility index (Phi) is 3.89. The number of guanidine groups is 1. The van der Waals surface area contributed by atoms with Crippen LogP contribution < -0.4 is 15.8 Å². The van der Waals surface area contributed by atoms with E-state index in [1.807, 2.05) is 18.2 Å². The summed E-state index contributed by atoms with van der Waals surface area (Å²) in [6.07, 6.45) is 3.28. The molecular weight excluding hydrogens is 298 g/mol. The number of ether oxygens (including phenoxy) is 1. The Balaban J connectivity index is 1.44. The fourth-order valence-electron chi connectivity index (χ4n) is 3.43. The van der Waals surface area contributed by atoms with Gasteiger partial charge in [-0.25, -0.2) is 0 Å². The number of nitrogens with one attached hydrogen (secondary N) is 1. The van der Waals surface area contributed by atoms with Gasteiger partial charge in [-0.05, 0) is 24.5 Å². The van der Waals surface area contributed by atoms with Gasteiger partial charge in [0, 0.05) is 17.4 Å². The average Bonchev–Trinajstić information content (AvgIpc) is 3.42. The van der Waals surface area contributed by atoms with E-state index in [-0.39, 0.29) is 11.5 Å². The van der Waals surface area contributed by atoms with Gasteiger partial charge in [0.2, 0.25) is 0 Å². The minimum Gasteiger partial charge on any atom is -0.493 e. The second-order valence-electron chi connectivity index (χ2n) is 6.72. The molecule has 0 bridgehead atoms. The van der Waals surface area contributed by atoms with Crippen LogP contribution in [0.3, 0.4) is 0 Å². The zero-order valence-corrected chi connectivity index (χ0v) is 13.7. The molecule has 2 aromatic carbocycles. The number of nitrogens with zero attached hydrogens (tertiary/aromatic N) is 1. The zero-order chi connectivity index (χ0) is 16.4. The molecule has 0 radical (unpaired) electrons. The van der Waals surface area contributed by atoms with Crippen LogP contribution in [0.5, 0.6) is 5.75 Å². The van der Waals surface area contributed by atoms with Crippen molar-refractivity contribution >= 4 is 5.96 Å². The number of nitrogens with two attached hydrogens (primary N) is 1. The van der Waals surface area contributed by atoms with Crippen LogP contribution in [-0.2, 0) is 5.41 Å². The summed E-state index contributed by atoms with van der Waals surface area (Å²) >= 11 is 0. The lowest BCUT2D eigenvalue weighted by Crippen LogP contribution is -2.37. The molecule has 2 aromatic rings. The van der Waals surface area contributed by atoms with Crippen molar-refractivity contribution in [1.29, 1.82) is 0 Å². The highest BCUT2D eigenvalue weighted by molar-refractivity contribution is 5.78. The Morgan fingerprint density at radius 2 is 1.88 bits per heavy atom. The van der Waals surface area contributed by atoms with Crippen LogP contribution in [0, 0.1) is 0 Å². The number of aliphatic imine (C=N–C) groups is 1. The van der Waals surface area contributed by atoms with Crippen LogP contribution in [-0.4, -0.2) is 19.1 Å². The molecule has 24 heavy (non-hydrogen) atoms. The van der Waals surface area contributed by atoms with E-state index >= 15 is 0 Å². The number of rotatable bonds is 4. The van der Waals surface area contributed by atoms with Gasteiger partial charge in [-0.2, -0.15) is 0 Å². The normalized spacial score (nSPS) is 21.5. The summed E-state index contributed by atoms with van der Waals surface area (Å²) < 4.78 is 5.70. The SMILES string of the molecule is NC(=NCC1(c2ccccc2)CC1)NC1CCOc2ccccc21. The van der Waals surface area contributed by atoms with Crippen LogP contribution in [0.25, 0.3) is 0 Å². The molecule has 4 heteroatoms. The highest BCUT2D eigenvalue weighted by atomic mass is 16.5. The molecule has 4 nitrogen and oxygen atoms in total. The lowest BCUT2D eigenvalue weighted by atomic mass is 9.96. The molecule has 1 unspecified atom stereocenters. The molecule has 0 saturated heterocycles. The molecule has 1 aliphatic carbocycles. The number of para-hydroxylation sites is 1. The molecule has 0 amide bonds. The van der Waals surface area contributed by atoms with E-state index in [2.05, 4.69) is 46.7 Å². The third-order valence-electron chi connectivity index (χ3n) is 5.07. The Labute approximate surface area is 142 Å². The summed E-state index contributed by atoms with van der Waals surface area (Å²) in [5.41, 5.74) is 8.90. The first-order valence-electron chi connectivity index (χ1n) is 8.61. The Morgan fingerprint density at radius 3 is 2.67 bits per heavy atom. The summed E-state index contributed by atoms with van der Waals surface area (Å²) in [6, 6.07) is 18.9. The van der Waals surface area contributed by atoms with Crippen molar-refractivity contribution < 1.29 is 4.74 Å². The lowest BCUT2D eigenvalue weighted by Gasteiger charge is -2.27. The highest BCUT2D eigenvalue weighted by Gasteiger charge is 2.43. The van der Waals surface area contributed by atoms with E-state index in [1.165, 1.54) is 18.4 Å². The third-order valence-corrected chi connectivity index (χ3v) is 5.07. The standard InChI is InChI=1S/C20H23N3O/c21-19(22-14-20(11-12-20)15-6-2-1-3-7-15)23-17-10-13-24-18-9-5-4-8-16(17)18/h1-9,17H,10-14H2,(H3,21,22,23). The van der Waals surface area contributed by atoms with E-state index in [9.17, 15) is 0 Å². The summed E-state index contributed by atoms with van der Waals surface area (Å²) in [5, 5.41) is 3.37. The smallest absolute Gasteiger partial charge is 0.189 e. The zero-order valence-electron chi connectivity index (χ0n) is 13.7. The molecule has 1 saturated carbocycles. The minimum absolute atomic E-state index is 0.172. The first-order valence-corrected chi connectivity index (χ1v) is 8.61. The first kappa shape index (κ1) is 15.1. The van der Waals surface area contributed by atoms with E-state index in [0.29, 0.717) is 12.6 Å². The van der Waals surface area contributed by atoms with E-state index in [4.69, 9.17) is 10.5 Å². The average molecular weight is 321 g/mol. The van der Waals surface area contributed by atoms with Gasteiger partial charge >= 0.3 is 0 Å². The molecule has 1 fully saturated rings. The van der Waals surface area contributed by atoms with Gasteiger partial charge in [0.15, 0.2) is 5.96 Å². The summed E-state index contributed by atoms with van der Waals surface area (Å²) in [4.78, 5) is 4.64. The molecule has 1 aliphatic heterocycles. The highest BCUT2D eigenvalue weighted by Crippen LogP contribution is 2.48. The Bertz CT molecular complexity index is 738. The predicted octanol–water partition coefficient (Wildman–Crippen LogP) is 3.15. The van der Waals surface area contributed by atoms with Crippen molar-refractivity contribution in [3.8, 4) is 5.75 Å². The first-order chi connectivity index (χ1) is 11.8. The van der Waals surface area contributed by atoms with Crippen LogP contribution in [0.1, 0.15) is 36.4 Å². The van der Waals surface area contributed by atoms with Crippen molar-refractivity contribution in [2.24, 2.45) is 10.7 Å². The molecule has 0 aromatic heterocycles. The quantitative estimate of drug-likeness (QED) is 0.672. The van der Waals surface area contributed by atoms with Crippen LogP contribution in [0.15, 0.2) is 59.6 Å². The second-order valence-corrected chi connectivity index (χ2v) is 6.72. The summed E-state index contributed by atoms with van der Waals surface area (Å²) in [5.74, 6) is 1.47. The molecule has 1 heterocycles. The summed E-state index contributed by atoms with van der Waals surface area (Å²) in [6.45, 7) is 1.45. The molecule has 1 atom stereocenters. The number of hydrogen-bond donors (Lipinski definition) is 2. The Morgan fingerprint density at radius 1 is 1.12 bits per heavy atom. The largest absolute Gasteiger partial charge is 0.493 e. The number of hydrogen-bond acceptors (Lipinski definition) is 2. The van der Waals surface area contributed by atoms with Crippen LogP contribution in [0.2, 0.25) is 0 Å². The van der Waals surface area contributed by atoms with Crippen LogP contribution >= 0.6 is 0 Å². The van der Waals surface area contributed by atoms with Crippen LogP contribution in [0.4, 0.5) is 0 Å². The van der Waals surface area contributed by atoms with E-state index in [1.54, 1.807) is 0 Å². The molecular formula is C20H23N3O. The Hall–Kier alpha value is -2.49. The monoisotopic (exact) mass is 321 g/mol. The number of fused-ring (bicyclic) bond motifs is 1. The van der Waals surface area contributed by atoms with Gasteiger partial charge in [0.25, 0.3) is 0 Å². The van der Waals surface area contributed by atoms with Crippen molar-refractivity contribution in [3.63, 3.8) is 0 Å². The number of benzene rings is 2. The molecule has 0 spiro atoms. The predicted molar refractivity (Wildman–Crippen MR) is 96.3 cm³/mol. The van der Waals surface area contributed by atoms with E-state index < -0.39 is 0 Å². The van der Waals surface area contributed by atoms with Gasteiger partial charge in [-0.1, -0.05) is 48.5 Å². The van der Waals surface area contributed by atoms with Crippen molar-refractivity contribution in [1.82, 2.24) is 5.32 Å². The van der Waals surface area contributed by atoms with Gasteiger partial charge < -0.3 is 15.8 Å². The molecule has 2 aliphatic rings. The lowest BCUT2D eigenvalue weighted by molar-refractivity contribution is 0.262. The van der Waals surface area contributed by atoms with Gasteiger partial charge in [0.05, 0.1) is 19.2 Å². The maximum Gasteiger partial charge on any atom is 0.189 e. The maximum atomic E-state index is 6.17. The van der Waals surface area contributed by atoms with E-state index in [0.717, 1.165) is 24.3 Å². The maximum absolute atomic E-state index is 6.17. The van der Waals surface area contributed by atoms with Crippen molar-refractivity contribution in [2.45, 2.75) is 30.7 Å². The van der Waals surface area contributed by atoms with Gasteiger partial charge in [-0.3, -0.25) is 4.99 Å². The molecule has 124 valence electrons. The third kappa shape index (κ3) is 2.96.